The molecule has 6 nitrogen and oxygen atoms in total. The van der Waals surface area contributed by atoms with Crippen molar-refractivity contribution < 1.29 is 24.1 Å². The first-order valence-corrected chi connectivity index (χ1v) is 9.57. The molecular weight excluding hydrogens is 346 g/mol. The number of amides is 1. The number of hydrogen-bond acceptors (Lipinski definition) is 5. The van der Waals surface area contributed by atoms with Gasteiger partial charge in [-0.05, 0) is 39.2 Å². The Bertz CT molecular complexity index is 665. The maximum atomic E-state index is 12.7. The minimum Gasteiger partial charge on any atom is -0.444 e. The van der Waals surface area contributed by atoms with Gasteiger partial charge in [-0.2, -0.15) is 0 Å². The van der Waals surface area contributed by atoms with Crippen LogP contribution in [0.4, 0.5) is 4.79 Å². The average Bonchev–Trinajstić information content (AvgIpc) is 2.88. The molecule has 2 heterocycles. The Morgan fingerprint density at radius 3 is 2.22 bits per heavy atom. The van der Waals surface area contributed by atoms with Gasteiger partial charge in [-0.15, -0.1) is 0 Å². The fraction of sp³-hybridized carbons (Fsp3) is 0.667. The molecule has 6 heteroatoms. The van der Waals surface area contributed by atoms with Crippen LogP contribution < -0.4 is 0 Å². The van der Waals surface area contributed by atoms with Crippen molar-refractivity contribution in [2.75, 3.05) is 14.2 Å². The molecule has 3 rings (SSSR count). The molecular formula is C21H31NO5. The zero-order valence-corrected chi connectivity index (χ0v) is 16.9. The third kappa shape index (κ3) is 3.98. The standard InChI is InChI=1S/C21H31NO5/c1-20(2,3)27-19(23)22-14-10-11-15(22)13-21(24,12-14)17-9-7-6-8-16(17)18(25-4)26-5/h6-9,14-15,18,24H,10-13H2,1-5H3. The molecule has 0 aromatic heterocycles. The summed E-state index contributed by atoms with van der Waals surface area (Å²) in [6.45, 7) is 5.62. The number of hydrogen-bond donors (Lipinski definition) is 1. The van der Waals surface area contributed by atoms with E-state index in [0.717, 1.165) is 24.0 Å². The quantitative estimate of drug-likeness (QED) is 0.810. The van der Waals surface area contributed by atoms with E-state index in [9.17, 15) is 9.90 Å². The van der Waals surface area contributed by atoms with Gasteiger partial charge < -0.3 is 24.2 Å². The lowest BCUT2D eigenvalue weighted by Crippen LogP contribution is -2.53. The molecule has 1 amide bonds. The lowest BCUT2D eigenvalue weighted by atomic mass is 9.78. The average molecular weight is 377 g/mol. The maximum absolute atomic E-state index is 12.7. The van der Waals surface area contributed by atoms with Crippen molar-refractivity contribution >= 4 is 6.09 Å². The Balaban J connectivity index is 1.87. The molecule has 0 aliphatic carbocycles. The summed E-state index contributed by atoms with van der Waals surface area (Å²) < 4.78 is 16.4. The van der Waals surface area contributed by atoms with Gasteiger partial charge in [0.25, 0.3) is 0 Å². The summed E-state index contributed by atoms with van der Waals surface area (Å²) in [5.41, 5.74) is 0.103. The third-order valence-electron chi connectivity index (χ3n) is 5.52. The third-order valence-corrected chi connectivity index (χ3v) is 5.52. The van der Waals surface area contributed by atoms with Crippen LogP contribution in [0.5, 0.6) is 0 Å². The van der Waals surface area contributed by atoms with Crippen molar-refractivity contribution in [3.8, 4) is 0 Å². The van der Waals surface area contributed by atoms with Gasteiger partial charge in [0, 0.05) is 44.7 Å². The number of ether oxygens (including phenoxy) is 3. The van der Waals surface area contributed by atoms with Crippen molar-refractivity contribution in [2.45, 2.75) is 76.0 Å². The second-order valence-electron chi connectivity index (χ2n) is 8.60. The molecule has 0 saturated carbocycles. The summed E-state index contributed by atoms with van der Waals surface area (Å²) in [6, 6.07) is 7.63. The van der Waals surface area contributed by atoms with Crippen LogP contribution in [0.25, 0.3) is 0 Å². The van der Waals surface area contributed by atoms with E-state index in [1.54, 1.807) is 14.2 Å². The summed E-state index contributed by atoms with van der Waals surface area (Å²) in [7, 11) is 3.17. The fourth-order valence-electron chi connectivity index (χ4n) is 4.53. The molecule has 150 valence electrons. The Morgan fingerprint density at radius 1 is 1.15 bits per heavy atom. The van der Waals surface area contributed by atoms with Crippen molar-refractivity contribution in [1.29, 1.82) is 0 Å². The van der Waals surface area contributed by atoms with Crippen LogP contribution in [-0.2, 0) is 19.8 Å². The van der Waals surface area contributed by atoms with E-state index in [1.807, 2.05) is 49.9 Å². The van der Waals surface area contributed by atoms with Gasteiger partial charge in [0.15, 0.2) is 6.29 Å². The molecule has 2 aliphatic rings. The number of nitrogens with zero attached hydrogens (tertiary/aromatic N) is 1. The highest BCUT2D eigenvalue weighted by Gasteiger charge is 2.51. The molecule has 2 aliphatic heterocycles. The van der Waals surface area contributed by atoms with Crippen LogP contribution in [0.1, 0.15) is 63.9 Å². The largest absolute Gasteiger partial charge is 0.444 e. The fourth-order valence-corrected chi connectivity index (χ4v) is 4.53. The van der Waals surface area contributed by atoms with E-state index in [2.05, 4.69) is 0 Å². The number of carbonyl (C=O) groups excluding carboxylic acids is 1. The first-order valence-electron chi connectivity index (χ1n) is 9.57. The van der Waals surface area contributed by atoms with E-state index >= 15 is 0 Å². The number of carbonyl (C=O) groups is 1. The molecule has 0 radical (unpaired) electrons. The van der Waals surface area contributed by atoms with Crippen LogP contribution >= 0.6 is 0 Å². The van der Waals surface area contributed by atoms with Gasteiger partial charge in [0.2, 0.25) is 0 Å². The molecule has 2 unspecified atom stereocenters. The van der Waals surface area contributed by atoms with E-state index in [1.165, 1.54) is 0 Å². The summed E-state index contributed by atoms with van der Waals surface area (Å²) >= 11 is 0. The lowest BCUT2D eigenvalue weighted by Gasteiger charge is -2.45. The predicted molar refractivity (Wildman–Crippen MR) is 101 cm³/mol. The van der Waals surface area contributed by atoms with Gasteiger partial charge >= 0.3 is 6.09 Å². The van der Waals surface area contributed by atoms with Crippen LogP contribution in [0.2, 0.25) is 0 Å². The highest BCUT2D eigenvalue weighted by molar-refractivity contribution is 5.70. The van der Waals surface area contributed by atoms with E-state index in [4.69, 9.17) is 14.2 Å². The van der Waals surface area contributed by atoms with Crippen LogP contribution in [0.15, 0.2) is 24.3 Å². The molecule has 27 heavy (non-hydrogen) atoms. The van der Waals surface area contributed by atoms with Crippen LogP contribution in [0.3, 0.4) is 0 Å². The highest BCUT2D eigenvalue weighted by Crippen LogP contribution is 2.47. The summed E-state index contributed by atoms with van der Waals surface area (Å²) in [5.74, 6) is 0. The molecule has 1 aromatic carbocycles. The Kier molecular flexibility index (Phi) is 5.52. The molecule has 0 spiro atoms. The number of rotatable bonds is 4. The minimum atomic E-state index is -1.02. The van der Waals surface area contributed by atoms with Gasteiger partial charge in [0.1, 0.15) is 5.60 Å². The number of methoxy groups -OCH3 is 2. The number of fused-ring (bicyclic) bond motifs is 2. The number of benzene rings is 1. The van der Waals surface area contributed by atoms with Crippen LogP contribution in [0, 0.1) is 0 Å². The monoisotopic (exact) mass is 377 g/mol. The van der Waals surface area contributed by atoms with Gasteiger partial charge in [-0.3, -0.25) is 0 Å². The highest BCUT2D eigenvalue weighted by atomic mass is 16.7. The minimum absolute atomic E-state index is 0.0276. The van der Waals surface area contributed by atoms with Crippen molar-refractivity contribution in [2.24, 2.45) is 0 Å². The molecule has 2 saturated heterocycles. The van der Waals surface area contributed by atoms with Gasteiger partial charge in [0.05, 0.1) is 5.60 Å². The van der Waals surface area contributed by atoms with Crippen molar-refractivity contribution in [3.63, 3.8) is 0 Å². The van der Waals surface area contributed by atoms with Gasteiger partial charge in [-0.1, -0.05) is 24.3 Å². The molecule has 1 N–H and O–H groups in total. The van der Waals surface area contributed by atoms with Gasteiger partial charge in [-0.25, -0.2) is 4.79 Å². The topological polar surface area (TPSA) is 68.2 Å². The van der Waals surface area contributed by atoms with E-state index in [0.29, 0.717) is 12.8 Å². The molecule has 2 bridgehead atoms. The molecule has 2 fully saturated rings. The smallest absolute Gasteiger partial charge is 0.410 e. The van der Waals surface area contributed by atoms with Crippen molar-refractivity contribution in [1.82, 2.24) is 4.90 Å². The zero-order chi connectivity index (χ0) is 19.8. The summed E-state index contributed by atoms with van der Waals surface area (Å²) in [4.78, 5) is 14.5. The second kappa shape index (κ2) is 7.41. The zero-order valence-electron chi connectivity index (χ0n) is 16.9. The Morgan fingerprint density at radius 2 is 1.70 bits per heavy atom. The maximum Gasteiger partial charge on any atom is 0.410 e. The van der Waals surface area contributed by atoms with E-state index in [-0.39, 0.29) is 18.2 Å². The van der Waals surface area contributed by atoms with Crippen molar-refractivity contribution in [3.05, 3.63) is 35.4 Å². The predicted octanol–water partition coefficient (Wildman–Crippen LogP) is 3.73. The summed E-state index contributed by atoms with van der Waals surface area (Å²) in [6.07, 6.45) is 1.92. The summed E-state index contributed by atoms with van der Waals surface area (Å²) in [5, 5.41) is 11.6. The van der Waals surface area contributed by atoms with E-state index < -0.39 is 17.5 Å². The molecule has 1 aromatic rings. The molecule has 2 atom stereocenters. The number of aliphatic hydroxyl groups is 1. The lowest BCUT2D eigenvalue weighted by molar-refractivity contribution is -0.111. The second-order valence-corrected chi connectivity index (χ2v) is 8.60. The number of piperidine rings is 1. The Hall–Kier alpha value is -1.63. The normalized spacial score (nSPS) is 27.9. The first-order chi connectivity index (χ1) is 12.7. The first kappa shape index (κ1) is 20.1. The van der Waals surface area contributed by atoms with Crippen LogP contribution in [-0.4, -0.2) is 48.0 Å². The Labute approximate surface area is 161 Å². The SMILES string of the molecule is COC(OC)c1ccccc1C1(O)CC2CCC(C1)N2C(=O)OC(C)(C)C.